The van der Waals surface area contributed by atoms with Gasteiger partial charge in [-0.1, -0.05) is 42.8 Å². The maximum Gasteiger partial charge on any atom is 0.161 e. The third-order valence-corrected chi connectivity index (χ3v) is 4.00. The van der Waals surface area contributed by atoms with E-state index in [1.807, 2.05) is 49.3 Å². The minimum atomic E-state index is -0.279. The van der Waals surface area contributed by atoms with Crippen LogP contribution >= 0.6 is 0 Å². The predicted octanol–water partition coefficient (Wildman–Crippen LogP) is 5.54. The van der Waals surface area contributed by atoms with Gasteiger partial charge in [0.2, 0.25) is 0 Å². The number of ketones is 1. The van der Waals surface area contributed by atoms with Crippen molar-refractivity contribution in [2.24, 2.45) is 0 Å². The van der Waals surface area contributed by atoms with Gasteiger partial charge in [0.05, 0.1) is 0 Å². The second kappa shape index (κ2) is 8.43. The molecule has 0 heterocycles. The van der Waals surface area contributed by atoms with Gasteiger partial charge in [-0.3, -0.25) is 4.79 Å². The molecule has 0 aliphatic heterocycles. The first-order valence-electron chi connectivity index (χ1n) is 8.41. The molecule has 0 bridgehead atoms. The molecule has 0 atom stereocenters. The molecule has 25 heavy (non-hydrogen) atoms. The van der Waals surface area contributed by atoms with Gasteiger partial charge in [-0.25, -0.2) is 4.39 Å². The minimum absolute atomic E-state index is 0.00534. The molecule has 0 aliphatic rings. The molecule has 0 spiro atoms. The van der Waals surface area contributed by atoms with Gasteiger partial charge >= 0.3 is 0 Å². The van der Waals surface area contributed by atoms with Crippen LogP contribution in [0.3, 0.4) is 0 Å². The number of aryl methyl sites for hydroxylation is 1. The Kier molecular flexibility index (Phi) is 6.29. The molecule has 0 N–H and O–H groups in total. The van der Waals surface area contributed by atoms with Gasteiger partial charge in [0.25, 0.3) is 0 Å². The number of benzene rings is 2. The van der Waals surface area contributed by atoms with Gasteiger partial charge in [0, 0.05) is 24.5 Å². The van der Waals surface area contributed by atoms with Crippen molar-refractivity contribution in [3.63, 3.8) is 0 Å². The highest BCUT2D eigenvalue weighted by atomic mass is 19.1. The second-order valence-corrected chi connectivity index (χ2v) is 6.08. The summed E-state index contributed by atoms with van der Waals surface area (Å²) < 4.78 is 13.1. The summed E-state index contributed by atoms with van der Waals surface area (Å²) in [6, 6.07) is 14.4. The third kappa shape index (κ3) is 4.90. The number of rotatable bonds is 6. The first-order valence-corrected chi connectivity index (χ1v) is 8.41. The molecular formula is C22H24FNO. The molecule has 2 aromatic carbocycles. The van der Waals surface area contributed by atoms with Crippen LogP contribution in [0.4, 0.5) is 10.1 Å². The Morgan fingerprint density at radius 3 is 2.20 bits per heavy atom. The second-order valence-electron chi connectivity index (χ2n) is 6.08. The summed E-state index contributed by atoms with van der Waals surface area (Å²) in [6.07, 6.45) is 4.71. The number of nitrogens with zero attached hydrogens (tertiary/aromatic N) is 1. The lowest BCUT2D eigenvalue weighted by Gasteiger charge is -2.18. The van der Waals surface area contributed by atoms with Gasteiger partial charge in [-0.2, -0.15) is 0 Å². The molecule has 2 aromatic rings. The van der Waals surface area contributed by atoms with Crippen molar-refractivity contribution in [3.8, 4) is 0 Å². The highest BCUT2D eigenvalue weighted by Gasteiger charge is 2.14. The summed E-state index contributed by atoms with van der Waals surface area (Å²) in [4.78, 5) is 14.2. The van der Waals surface area contributed by atoms with Crippen LogP contribution in [0.25, 0.3) is 5.57 Å². The van der Waals surface area contributed by atoms with Crippen LogP contribution in [0, 0.1) is 12.7 Å². The van der Waals surface area contributed by atoms with Crippen LogP contribution in [0.2, 0.25) is 0 Å². The number of carbonyl (C=O) groups is 1. The van der Waals surface area contributed by atoms with Crippen molar-refractivity contribution in [1.29, 1.82) is 0 Å². The van der Waals surface area contributed by atoms with Gasteiger partial charge in [-0.05, 0) is 55.7 Å². The maximum absolute atomic E-state index is 13.1. The Labute approximate surface area is 149 Å². The average molecular weight is 337 g/mol. The first kappa shape index (κ1) is 18.7. The van der Waals surface area contributed by atoms with E-state index in [0.717, 1.165) is 23.2 Å². The van der Waals surface area contributed by atoms with E-state index in [0.29, 0.717) is 5.57 Å². The summed E-state index contributed by atoms with van der Waals surface area (Å²) in [5.74, 6) is -0.284. The fourth-order valence-corrected chi connectivity index (χ4v) is 2.62. The molecule has 0 saturated carbocycles. The van der Waals surface area contributed by atoms with Crippen molar-refractivity contribution in [2.75, 3.05) is 11.9 Å². The van der Waals surface area contributed by atoms with E-state index in [9.17, 15) is 9.18 Å². The van der Waals surface area contributed by atoms with E-state index >= 15 is 0 Å². The summed E-state index contributed by atoms with van der Waals surface area (Å²) in [7, 11) is 1.86. The van der Waals surface area contributed by atoms with E-state index in [1.165, 1.54) is 17.7 Å². The van der Waals surface area contributed by atoms with Crippen LogP contribution in [0.1, 0.15) is 31.4 Å². The normalized spacial score (nSPS) is 12.2. The van der Waals surface area contributed by atoms with Crippen molar-refractivity contribution in [2.45, 2.75) is 27.2 Å². The molecule has 0 fully saturated rings. The van der Waals surface area contributed by atoms with Crippen molar-refractivity contribution < 1.29 is 9.18 Å². The molecule has 0 aliphatic carbocycles. The highest BCUT2D eigenvalue weighted by molar-refractivity contribution is 6.09. The largest absolute Gasteiger partial charge is 0.350 e. The topological polar surface area (TPSA) is 20.3 Å². The summed E-state index contributed by atoms with van der Waals surface area (Å²) >= 11 is 0. The zero-order valence-corrected chi connectivity index (χ0v) is 15.2. The maximum atomic E-state index is 13.1. The van der Waals surface area contributed by atoms with E-state index in [1.54, 1.807) is 19.1 Å². The molecule has 0 saturated heterocycles. The van der Waals surface area contributed by atoms with Crippen LogP contribution < -0.4 is 4.90 Å². The van der Waals surface area contributed by atoms with Crippen molar-refractivity contribution >= 4 is 17.0 Å². The summed E-state index contributed by atoms with van der Waals surface area (Å²) in [5.41, 5.74) is 4.57. The van der Waals surface area contributed by atoms with E-state index < -0.39 is 0 Å². The number of allylic oxidation sites excluding steroid dienone is 3. The van der Waals surface area contributed by atoms with E-state index in [-0.39, 0.29) is 11.6 Å². The lowest BCUT2D eigenvalue weighted by Crippen LogP contribution is -2.13. The lowest BCUT2D eigenvalue weighted by atomic mass is 9.94. The van der Waals surface area contributed by atoms with Gasteiger partial charge in [0.15, 0.2) is 5.78 Å². The molecule has 2 nitrogen and oxygen atoms in total. The molecule has 0 amide bonds. The Bertz CT molecular complexity index is 786. The molecule has 3 heteroatoms. The molecule has 0 aromatic heterocycles. The molecule has 0 unspecified atom stereocenters. The third-order valence-electron chi connectivity index (χ3n) is 4.00. The number of hydrogen-bond donors (Lipinski definition) is 0. The highest BCUT2D eigenvalue weighted by Crippen LogP contribution is 2.26. The molecule has 0 radical (unpaired) electrons. The fourth-order valence-electron chi connectivity index (χ4n) is 2.62. The van der Waals surface area contributed by atoms with Gasteiger partial charge in [-0.15, -0.1) is 0 Å². The SMILES string of the molecule is CC/C=C(/C(=C\N(C)c1ccc(F)cc1)C(C)=O)c1ccc(C)cc1. The number of anilines is 1. The number of carbonyl (C=O) groups excluding carboxylic acids is 1. The molecule has 130 valence electrons. The van der Waals surface area contributed by atoms with Gasteiger partial charge < -0.3 is 4.90 Å². The fraction of sp³-hybridized carbons (Fsp3) is 0.227. The van der Waals surface area contributed by atoms with E-state index in [4.69, 9.17) is 0 Å². The van der Waals surface area contributed by atoms with Crippen LogP contribution in [0.5, 0.6) is 0 Å². The number of hydrogen-bond acceptors (Lipinski definition) is 2. The number of halogens is 1. The van der Waals surface area contributed by atoms with E-state index in [2.05, 4.69) is 13.0 Å². The Morgan fingerprint density at radius 1 is 1.08 bits per heavy atom. The quantitative estimate of drug-likeness (QED) is 0.510. The zero-order valence-electron chi connectivity index (χ0n) is 15.2. The molecular weight excluding hydrogens is 313 g/mol. The van der Waals surface area contributed by atoms with Crippen molar-refractivity contribution in [3.05, 3.63) is 83.3 Å². The van der Waals surface area contributed by atoms with Crippen molar-refractivity contribution in [1.82, 2.24) is 0 Å². The van der Waals surface area contributed by atoms with Crippen LogP contribution in [-0.2, 0) is 4.79 Å². The first-order chi connectivity index (χ1) is 11.9. The lowest BCUT2D eigenvalue weighted by molar-refractivity contribution is -0.113. The Morgan fingerprint density at radius 2 is 1.68 bits per heavy atom. The Balaban J connectivity index is 2.45. The average Bonchev–Trinajstić information content (AvgIpc) is 2.59. The number of Topliss-reactive ketones (excluding diaryl/α,β-unsaturated/α-hetero) is 1. The van der Waals surface area contributed by atoms with Crippen LogP contribution in [-0.4, -0.2) is 12.8 Å². The summed E-state index contributed by atoms with van der Waals surface area (Å²) in [5, 5.41) is 0. The standard InChI is InChI=1S/C22H24FNO/c1-5-6-21(18-9-7-16(2)8-10-18)22(17(3)25)15-24(4)20-13-11-19(23)12-14-20/h6-15H,5H2,1-4H3/b21-6+,22-15-. The van der Waals surface area contributed by atoms with Gasteiger partial charge in [0.1, 0.15) is 5.82 Å². The summed E-state index contributed by atoms with van der Waals surface area (Å²) in [6.45, 7) is 5.66. The smallest absolute Gasteiger partial charge is 0.161 e. The van der Waals surface area contributed by atoms with Crippen LogP contribution in [0.15, 0.2) is 66.4 Å². The predicted molar refractivity (Wildman–Crippen MR) is 103 cm³/mol. The Hall–Kier alpha value is -2.68. The minimum Gasteiger partial charge on any atom is -0.350 e. The zero-order chi connectivity index (χ0) is 18.4. The monoisotopic (exact) mass is 337 g/mol. The molecule has 2 rings (SSSR count).